The SMILES string of the molecule is CCC(C)C(=O)Nc1nc2c(nc1CC13CC4CC(CC(C4)C1)C3)-c1ccc(O)cc1CC2. The van der Waals surface area contributed by atoms with Crippen LogP contribution < -0.4 is 5.32 Å². The second kappa shape index (κ2) is 7.82. The van der Waals surface area contributed by atoms with Crippen LogP contribution >= 0.6 is 0 Å². The van der Waals surface area contributed by atoms with Crippen molar-refractivity contribution in [2.24, 2.45) is 29.1 Å². The van der Waals surface area contributed by atoms with Gasteiger partial charge in [0.25, 0.3) is 0 Å². The molecule has 174 valence electrons. The number of aromatic nitrogens is 2. The van der Waals surface area contributed by atoms with Gasteiger partial charge in [0.2, 0.25) is 5.91 Å². The highest BCUT2D eigenvalue weighted by molar-refractivity contribution is 5.92. The molecule has 5 aliphatic carbocycles. The molecule has 7 rings (SSSR count). The van der Waals surface area contributed by atoms with Gasteiger partial charge in [-0.1, -0.05) is 13.8 Å². The number of carbonyl (C=O) groups is 1. The lowest BCUT2D eigenvalue weighted by Crippen LogP contribution is -2.47. The highest BCUT2D eigenvalue weighted by Crippen LogP contribution is 2.61. The number of nitrogens with one attached hydrogen (secondary N) is 1. The molecule has 4 saturated carbocycles. The number of aryl methyl sites for hydroxylation is 2. The van der Waals surface area contributed by atoms with Crippen LogP contribution in [0.1, 0.15) is 75.7 Å². The molecule has 1 aromatic heterocycles. The van der Waals surface area contributed by atoms with Crippen LogP contribution in [0, 0.1) is 29.1 Å². The number of hydrogen-bond donors (Lipinski definition) is 2. The Morgan fingerprint density at radius 2 is 1.82 bits per heavy atom. The Balaban J connectivity index is 1.41. The largest absolute Gasteiger partial charge is 0.508 e. The van der Waals surface area contributed by atoms with Crippen molar-refractivity contribution in [2.45, 2.75) is 78.1 Å². The predicted octanol–water partition coefficient (Wildman–Crippen LogP) is 5.69. The first-order valence-corrected chi connectivity index (χ1v) is 12.9. The third-order valence-electron chi connectivity index (χ3n) is 9.02. The van der Waals surface area contributed by atoms with Crippen LogP contribution in [0.4, 0.5) is 5.82 Å². The van der Waals surface area contributed by atoms with Gasteiger partial charge in [-0.05, 0) is 111 Å². The fraction of sp³-hybridized carbons (Fsp3) is 0.607. The van der Waals surface area contributed by atoms with Crippen LogP contribution in [0.2, 0.25) is 0 Å². The molecule has 0 spiro atoms. The van der Waals surface area contributed by atoms with Gasteiger partial charge in [-0.15, -0.1) is 0 Å². The fourth-order valence-corrected chi connectivity index (χ4v) is 7.68. The maximum Gasteiger partial charge on any atom is 0.228 e. The van der Waals surface area contributed by atoms with E-state index in [1.54, 1.807) is 6.07 Å². The number of nitrogens with zero attached hydrogens (tertiary/aromatic N) is 2. The number of carbonyl (C=O) groups excluding carboxylic acids is 1. The molecule has 0 saturated heterocycles. The summed E-state index contributed by atoms with van der Waals surface area (Å²) in [4.78, 5) is 23.1. The van der Waals surface area contributed by atoms with Gasteiger partial charge >= 0.3 is 0 Å². The molecule has 0 radical (unpaired) electrons. The Kier molecular flexibility index (Phi) is 5.00. The second-order valence-electron chi connectivity index (χ2n) is 11.5. The van der Waals surface area contributed by atoms with Crippen molar-refractivity contribution in [3.05, 3.63) is 35.2 Å². The van der Waals surface area contributed by atoms with Crippen molar-refractivity contribution in [3.8, 4) is 17.0 Å². The minimum absolute atomic E-state index is 0.0413. The van der Waals surface area contributed by atoms with Crippen LogP contribution in [-0.2, 0) is 24.1 Å². The smallest absolute Gasteiger partial charge is 0.228 e. The number of amides is 1. The van der Waals surface area contributed by atoms with Gasteiger partial charge in [0.05, 0.1) is 17.1 Å². The molecule has 2 aromatic rings. The van der Waals surface area contributed by atoms with Gasteiger partial charge in [-0.3, -0.25) is 4.79 Å². The molecular weight excluding hydrogens is 410 g/mol. The fourth-order valence-electron chi connectivity index (χ4n) is 7.68. The van der Waals surface area contributed by atoms with E-state index < -0.39 is 0 Å². The van der Waals surface area contributed by atoms with E-state index >= 15 is 0 Å². The quantitative estimate of drug-likeness (QED) is 0.620. The third kappa shape index (κ3) is 3.74. The van der Waals surface area contributed by atoms with E-state index in [-0.39, 0.29) is 11.8 Å². The zero-order chi connectivity index (χ0) is 22.7. The van der Waals surface area contributed by atoms with Gasteiger partial charge in [0.1, 0.15) is 5.75 Å². The lowest BCUT2D eigenvalue weighted by molar-refractivity contribution is -0.119. The average molecular weight is 446 g/mol. The number of benzene rings is 1. The Labute approximate surface area is 196 Å². The molecule has 0 aliphatic heterocycles. The summed E-state index contributed by atoms with van der Waals surface area (Å²) in [5, 5.41) is 13.1. The first kappa shape index (κ1) is 21.1. The van der Waals surface area contributed by atoms with E-state index in [4.69, 9.17) is 9.97 Å². The molecule has 1 heterocycles. The molecule has 1 amide bonds. The number of anilines is 1. The normalized spacial score (nSPS) is 29.9. The summed E-state index contributed by atoms with van der Waals surface area (Å²) in [6.07, 6.45) is 11.5. The minimum atomic E-state index is -0.0427. The molecule has 1 aromatic carbocycles. The van der Waals surface area contributed by atoms with Gasteiger partial charge in [-0.25, -0.2) is 9.97 Å². The lowest BCUT2D eigenvalue weighted by atomic mass is 9.48. The number of phenolic OH excluding ortho intramolecular Hbond substituents is 1. The molecule has 5 aliphatic rings. The Bertz CT molecular complexity index is 1070. The zero-order valence-corrected chi connectivity index (χ0v) is 19.9. The van der Waals surface area contributed by atoms with Crippen molar-refractivity contribution in [1.29, 1.82) is 0 Å². The molecule has 4 fully saturated rings. The predicted molar refractivity (Wildman–Crippen MR) is 129 cm³/mol. The molecule has 33 heavy (non-hydrogen) atoms. The molecule has 2 N–H and O–H groups in total. The van der Waals surface area contributed by atoms with Crippen molar-refractivity contribution < 1.29 is 9.90 Å². The highest BCUT2D eigenvalue weighted by atomic mass is 16.3. The van der Waals surface area contributed by atoms with Crippen LogP contribution in [0.3, 0.4) is 0 Å². The summed E-state index contributed by atoms with van der Waals surface area (Å²) in [7, 11) is 0. The number of hydrogen-bond acceptors (Lipinski definition) is 4. The molecule has 1 atom stereocenters. The Morgan fingerprint density at radius 1 is 1.12 bits per heavy atom. The van der Waals surface area contributed by atoms with E-state index in [0.29, 0.717) is 17.0 Å². The van der Waals surface area contributed by atoms with E-state index in [0.717, 1.165) is 71.6 Å². The van der Waals surface area contributed by atoms with E-state index in [9.17, 15) is 9.90 Å². The maximum atomic E-state index is 12.9. The Morgan fingerprint density at radius 3 is 2.48 bits per heavy atom. The molecular formula is C28H35N3O2. The number of aromatic hydroxyl groups is 1. The summed E-state index contributed by atoms with van der Waals surface area (Å²) >= 11 is 0. The molecule has 5 heteroatoms. The third-order valence-corrected chi connectivity index (χ3v) is 9.02. The van der Waals surface area contributed by atoms with E-state index in [1.807, 2.05) is 26.0 Å². The van der Waals surface area contributed by atoms with Crippen molar-refractivity contribution in [1.82, 2.24) is 9.97 Å². The number of phenols is 1. The van der Waals surface area contributed by atoms with E-state index in [1.165, 1.54) is 38.5 Å². The highest BCUT2D eigenvalue weighted by Gasteiger charge is 2.51. The van der Waals surface area contributed by atoms with Crippen LogP contribution in [0.5, 0.6) is 5.75 Å². The molecule has 1 unspecified atom stereocenters. The first-order valence-electron chi connectivity index (χ1n) is 12.9. The minimum Gasteiger partial charge on any atom is -0.508 e. The standard InChI is InChI=1S/C28H35N3O2/c1-3-16(2)27(33)31-26-24(15-28-12-17-8-18(13-28)10-19(9-17)14-28)29-25-22-6-5-21(32)11-20(22)4-7-23(25)30-26/h5-6,11,16-19,32H,3-4,7-10,12-15H2,1-2H3,(H,30,31,33). The monoisotopic (exact) mass is 445 g/mol. The summed E-state index contributed by atoms with van der Waals surface area (Å²) in [6.45, 7) is 4.02. The number of fused-ring (bicyclic) bond motifs is 3. The van der Waals surface area contributed by atoms with Crippen LogP contribution in [0.15, 0.2) is 18.2 Å². The van der Waals surface area contributed by atoms with Gasteiger partial charge in [0.15, 0.2) is 5.82 Å². The van der Waals surface area contributed by atoms with Crippen molar-refractivity contribution in [2.75, 3.05) is 5.32 Å². The topological polar surface area (TPSA) is 75.1 Å². The summed E-state index contributed by atoms with van der Waals surface area (Å²) < 4.78 is 0. The van der Waals surface area contributed by atoms with Crippen LogP contribution in [-0.4, -0.2) is 21.0 Å². The zero-order valence-electron chi connectivity index (χ0n) is 19.9. The first-order chi connectivity index (χ1) is 15.9. The summed E-state index contributed by atoms with van der Waals surface area (Å²) in [5.74, 6) is 3.63. The maximum absolute atomic E-state index is 12.9. The second-order valence-corrected chi connectivity index (χ2v) is 11.5. The lowest BCUT2D eigenvalue weighted by Gasteiger charge is -2.57. The molecule has 5 nitrogen and oxygen atoms in total. The molecule has 4 bridgehead atoms. The van der Waals surface area contributed by atoms with Crippen LogP contribution in [0.25, 0.3) is 11.3 Å². The van der Waals surface area contributed by atoms with Gasteiger partial charge < -0.3 is 10.4 Å². The average Bonchev–Trinajstić information content (AvgIpc) is 2.77. The summed E-state index contributed by atoms with van der Waals surface area (Å²) in [5.41, 5.74) is 5.40. The Hall–Kier alpha value is -2.43. The number of rotatable bonds is 5. The van der Waals surface area contributed by atoms with E-state index in [2.05, 4.69) is 5.32 Å². The van der Waals surface area contributed by atoms with Crippen molar-refractivity contribution in [3.63, 3.8) is 0 Å². The summed E-state index contributed by atoms with van der Waals surface area (Å²) in [6, 6.07) is 5.58. The van der Waals surface area contributed by atoms with Gasteiger partial charge in [0, 0.05) is 11.5 Å². The van der Waals surface area contributed by atoms with Crippen molar-refractivity contribution >= 4 is 11.7 Å². The van der Waals surface area contributed by atoms with Gasteiger partial charge in [-0.2, -0.15) is 0 Å².